The Morgan fingerprint density at radius 2 is 0.815 bits per heavy atom. The first-order valence-corrected chi connectivity index (χ1v) is 20.2. The summed E-state index contributed by atoms with van der Waals surface area (Å²) in [5.41, 5.74) is 7.70. The minimum atomic E-state index is -0.288. The van der Waals surface area contributed by atoms with Crippen LogP contribution in [0.25, 0.3) is 32.9 Å². The van der Waals surface area contributed by atoms with Gasteiger partial charge in [-0.3, -0.25) is 9.97 Å². The third kappa shape index (κ3) is 8.99. The molecule has 4 aromatic carbocycles. The highest BCUT2D eigenvalue weighted by molar-refractivity contribution is 7.27. The van der Waals surface area contributed by atoms with Gasteiger partial charge < -0.3 is 18.1 Å². The number of rotatable bonds is 9. The Bertz CT molecular complexity index is 2130. The van der Waals surface area contributed by atoms with Crippen LogP contribution >= 0.6 is 18.1 Å². The average molecular weight is 761 g/mol. The van der Waals surface area contributed by atoms with Crippen LogP contribution in [-0.2, 0) is 21.7 Å². The molecule has 6 nitrogen and oxygen atoms in total. The molecular weight excluding hydrogens is 706 g/mol. The molecule has 0 aliphatic heterocycles. The molecule has 0 N–H and O–H groups in total. The largest absolute Gasteiger partial charge is 0.441 e. The molecule has 2 atom stereocenters. The smallest absolute Gasteiger partial charge is 0.275 e. The zero-order valence-electron chi connectivity index (χ0n) is 33.8. The van der Waals surface area contributed by atoms with Crippen molar-refractivity contribution in [2.24, 2.45) is 0 Å². The lowest BCUT2D eigenvalue weighted by atomic mass is 9.75. The Balaban J connectivity index is 1.50. The monoisotopic (exact) mass is 760 g/mol. The molecule has 6 aromatic rings. The van der Waals surface area contributed by atoms with E-state index in [0.717, 1.165) is 67.1 Å². The van der Waals surface area contributed by atoms with Crippen molar-refractivity contribution in [3.8, 4) is 34.1 Å². The fourth-order valence-electron chi connectivity index (χ4n) is 6.31. The van der Waals surface area contributed by atoms with Gasteiger partial charge in [0.25, 0.3) is 18.1 Å². The Hall–Kier alpha value is -4.24. The molecule has 2 heterocycles. The highest BCUT2D eigenvalue weighted by Crippen LogP contribution is 2.51. The maximum absolute atomic E-state index is 6.85. The topological polar surface area (TPSA) is 62.7 Å². The van der Waals surface area contributed by atoms with E-state index in [1.807, 2.05) is 60.7 Å². The van der Waals surface area contributed by atoms with E-state index in [-0.39, 0.29) is 39.7 Å². The summed E-state index contributed by atoms with van der Waals surface area (Å²) in [6.07, 6.45) is 3.60. The van der Waals surface area contributed by atoms with Gasteiger partial charge in [0.2, 0.25) is 0 Å². The van der Waals surface area contributed by atoms with E-state index in [1.54, 1.807) is 12.4 Å². The second-order valence-corrected chi connectivity index (χ2v) is 19.2. The van der Waals surface area contributed by atoms with Crippen molar-refractivity contribution in [1.29, 1.82) is 0 Å². The zero-order chi connectivity index (χ0) is 39.1. The van der Waals surface area contributed by atoms with Crippen LogP contribution in [0.2, 0.25) is 0 Å². The fourth-order valence-corrected chi connectivity index (χ4v) is 7.45. The van der Waals surface area contributed by atoms with Crippen LogP contribution in [0.5, 0.6) is 23.0 Å². The predicted octanol–water partition coefficient (Wildman–Crippen LogP) is 13.6. The molecular formula is C46H54N2O4P2. The Morgan fingerprint density at radius 1 is 0.426 bits per heavy atom. The molecule has 0 aliphatic rings. The van der Waals surface area contributed by atoms with Gasteiger partial charge in [-0.2, -0.15) is 0 Å². The van der Waals surface area contributed by atoms with Crippen LogP contribution in [0.15, 0.2) is 97.3 Å². The van der Waals surface area contributed by atoms with Gasteiger partial charge in [-0.05, 0) is 93.5 Å². The van der Waals surface area contributed by atoms with Crippen molar-refractivity contribution in [2.45, 2.75) is 105 Å². The van der Waals surface area contributed by atoms with Crippen LogP contribution in [0.3, 0.4) is 0 Å². The van der Waals surface area contributed by atoms with Gasteiger partial charge >= 0.3 is 0 Å². The molecule has 0 spiro atoms. The van der Waals surface area contributed by atoms with E-state index >= 15 is 0 Å². The van der Waals surface area contributed by atoms with Crippen molar-refractivity contribution >= 4 is 39.9 Å². The van der Waals surface area contributed by atoms with E-state index in [1.165, 1.54) is 11.1 Å². The standard InChI is InChI=1S/C46H54N2O4P2/c1-43(2,3)31-25-35(41(37(27-31)45(7,8)9)51-53-49-33-17-19-39-29(23-33)15-13-21-47-39)36-26-32(44(4,5)6)28-38(46(10,11)12)42(36)52-54-50-34-18-20-40-30(24-34)16-14-22-48-40/h13-28,53-54H,1-12H3. The summed E-state index contributed by atoms with van der Waals surface area (Å²) in [4.78, 5) is 8.92. The molecule has 6 rings (SSSR count). The molecule has 2 unspecified atom stereocenters. The third-order valence-corrected chi connectivity index (χ3v) is 10.8. The first kappa shape index (κ1) is 39.5. The number of hydrogen-bond acceptors (Lipinski definition) is 6. The molecule has 54 heavy (non-hydrogen) atoms. The van der Waals surface area contributed by atoms with Crippen molar-refractivity contribution in [3.63, 3.8) is 0 Å². The van der Waals surface area contributed by atoms with E-state index in [0.29, 0.717) is 0 Å². The summed E-state index contributed by atoms with van der Waals surface area (Å²) in [5, 5.41) is 2.04. The van der Waals surface area contributed by atoms with Gasteiger partial charge in [0.1, 0.15) is 23.0 Å². The third-order valence-electron chi connectivity index (χ3n) is 9.57. The zero-order valence-corrected chi connectivity index (χ0v) is 35.8. The fraction of sp³-hybridized carbons (Fsp3) is 0.348. The summed E-state index contributed by atoms with van der Waals surface area (Å²) in [5.74, 6) is 3.04. The molecule has 2 aromatic heterocycles. The number of benzene rings is 4. The molecule has 0 radical (unpaired) electrons. The van der Waals surface area contributed by atoms with Gasteiger partial charge in [-0.15, -0.1) is 0 Å². The van der Waals surface area contributed by atoms with Crippen LogP contribution in [-0.4, -0.2) is 9.97 Å². The predicted molar refractivity (Wildman–Crippen MR) is 229 cm³/mol. The summed E-state index contributed by atoms with van der Waals surface area (Å²) < 4.78 is 26.4. The number of pyridine rings is 2. The lowest BCUT2D eigenvalue weighted by molar-refractivity contribution is 0.485. The molecule has 0 amide bonds. The van der Waals surface area contributed by atoms with Gasteiger partial charge in [0.15, 0.2) is 0 Å². The van der Waals surface area contributed by atoms with Gasteiger partial charge in [-0.1, -0.05) is 107 Å². The van der Waals surface area contributed by atoms with Crippen LogP contribution in [0, 0.1) is 0 Å². The molecule has 0 bridgehead atoms. The molecule has 0 fully saturated rings. The number of fused-ring (bicyclic) bond motifs is 2. The molecule has 0 saturated heterocycles. The van der Waals surface area contributed by atoms with E-state index in [4.69, 9.17) is 18.1 Å². The highest BCUT2D eigenvalue weighted by atomic mass is 31.1. The summed E-state index contributed by atoms with van der Waals surface area (Å²) in [6, 6.07) is 29.0. The summed E-state index contributed by atoms with van der Waals surface area (Å²) in [6.45, 7) is 27.0. The average Bonchev–Trinajstić information content (AvgIpc) is 3.09. The quantitative estimate of drug-likeness (QED) is 0.137. The maximum atomic E-state index is 6.85. The SMILES string of the molecule is CC(C)(C)c1cc(-c2cc(C(C)(C)C)cc(C(C)(C)C)c2OPOc2ccc3ncccc3c2)c(OPOc2ccc3ncccc3c2)c(C(C)(C)C)c1. The van der Waals surface area contributed by atoms with Crippen LogP contribution < -0.4 is 18.1 Å². The van der Waals surface area contributed by atoms with Gasteiger partial charge in [-0.25, -0.2) is 0 Å². The Morgan fingerprint density at radius 3 is 1.17 bits per heavy atom. The number of hydrogen-bond donors (Lipinski definition) is 0. The lowest BCUT2D eigenvalue weighted by Gasteiger charge is -2.32. The lowest BCUT2D eigenvalue weighted by Crippen LogP contribution is -2.19. The van der Waals surface area contributed by atoms with Gasteiger partial charge in [0.05, 0.1) is 11.0 Å². The normalized spacial score (nSPS) is 13.0. The minimum absolute atomic E-state index is 0.128. The minimum Gasteiger partial charge on any atom is -0.441 e. The Kier molecular flexibility index (Phi) is 11.0. The van der Waals surface area contributed by atoms with Crippen molar-refractivity contribution in [3.05, 3.63) is 120 Å². The molecule has 0 aliphatic carbocycles. The Labute approximate surface area is 325 Å². The van der Waals surface area contributed by atoms with Gasteiger partial charge in [0, 0.05) is 45.4 Å². The number of aromatic nitrogens is 2. The summed E-state index contributed by atoms with van der Waals surface area (Å²) in [7, 11) is -0.575. The second-order valence-electron chi connectivity index (χ2n) is 18.1. The van der Waals surface area contributed by atoms with Crippen LogP contribution in [0.1, 0.15) is 105 Å². The maximum Gasteiger partial charge on any atom is 0.275 e. The van der Waals surface area contributed by atoms with Crippen molar-refractivity contribution in [2.75, 3.05) is 0 Å². The van der Waals surface area contributed by atoms with Crippen molar-refractivity contribution < 1.29 is 18.1 Å². The van der Waals surface area contributed by atoms with E-state index in [2.05, 4.69) is 117 Å². The molecule has 0 saturated carbocycles. The highest BCUT2D eigenvalue weighted by Gasteiger charge is 2.32. The van der Waals surface area contributed by atoms with E-state index < -0.39 is 0 Å². The van der Waals surface area contributed by atoms with E-state index in [9.17, 15) is 0 Å². The van der Waals surface area contributed by atoms with Crippen molar-refractivity contribution in [1.82, 2.24) is 9.97 Å². The molecule has 282 valence electrons. The first-order chi connectivity index (χ1) is 25.3. The second kappa shape index (κ2) is 15.1. The molecule has 8 heteroatoms. The first-order valence-electron chi connectivity index (χ1n) is 18.5. The van der Waals surface area contributed by atoms with Crippen LogP contribution in [0.4, 0.5) is 0 Å². The summed E-state index contributed by atoms with van der Waals surface area (Å²) >= 11 is 0. The number of nitrogens with zero attached hydrogens (tertiary/aromatic N) is 2.